The van der Waals surface area contributed by atoms with Crippen LogP contribution in [0.5, 0.6) is 0 Å². The van der Waals surface area contributed by atoms with Crippen molar-refractivity contribution in [2.24, 2.45) is 0 Å². The van der Waals surface area contributed by atoms with Gasteiger partial charge in [-0.2, -0.15) is 0 Å². The zero-order valence-corrected chi connectivity index (χ0v) is 13.6. The first-order chi connectivity index (χ1) is 9.00. The van der Waals surface area contributed by atoms with E-state index in [1.807, 2.05) is 32.2 Å². The zero-order valence-electron chi connectivity index (χ0n) is 11.2. The number of benzene rings is 1. The van der Waals surface area contributed by atoms with E-state index in [-0.39, 0.29) is 5.91 Å². The molecule has 0 fully saturated rings. The predicted molar refractivity (Wildman–Crippen MR) is 83.7 cm³/mol. The van der Waals surface area contributed by atoms with Crippen molar-refractivity contribution in [1.82, 2.24) is 4.90 Å². The van der Waals surface area contributed by atoms with Crippen LogP contribution >= 0.6 is 27.3 Å². The van der Waals surface area contributed by atoms with E-state index in [1.54, 1.807) is 16.2 Å². The summed E-state index contributed by atoms with van der Waals surface area (Å²) < 4.78 is 0.884. The van der Waals surface area contributed by atoms with Crippen LogP contribution in [0.2, 0.25) is 0 Å². The summed E-state index contributed by atoms with van der Waals surface area (Å²) in [5.41, 5.74) is 3.04. The third kappa shape index (κ3) is 3.07. The second-order valence-electron chi connectivity index (χ2n) is 4.62. The molecule has 0 N–H and O–H groups in total. The highest BCUT2D eigenvalue weighted by Gasteiger charge is 2.16. The Morgan fingerprint density at radius 3 is 2.63 bits per heavy atom. The van der Waals surface area contributed by atoms with Gasteiger partial charge < -0.3 is 4.90 Å². The monoisotopic (exact) mass is 337 g/mol. The maximum absolute atomic E-state index is 12.5. The molecule has 0 radical (unpaired) electrons. The number of thiophene rings is 1. The first-order valence-electron chi connectivity index (χ1n) is 6.04. The van der Waals surface area contributed by atoms with Crippen molar-refractivity contribution < 1.29 is 4.79 Å². The molecule has 1 aromatic heterocycles. The van der Waals surface area contributed by atoms with Crippen molar-refractivity contribution in [3.05, 3.63) is 55.7 Å². The van der Waals surface area contributed by atoms with E-state index in [1.165, 1.54) is 10.4 Å². The lowest BCUT2D eigenvalue weighted by Crippen LogP contribution is -2.26. The molecule has 0 spiro atoms. The average Bonchev–Trinajstić information content (AvgIpc) is 2.77. The van der Waals surface area contributed by atoms with Crippen molar-refractivity contribution in [1.29, 1.82) is 0 Å². The summed E-state index contributed by atoms with van der Waals surface area (Å²) in [6, 6.07) is 7.85. The molecule has 0 saturated heterocycles. The van der Waals surface area contributed by atoms with Crippen LogP contribution in [0.4, 0.5) is 0 Å². The molecule has 0 bridgehead atoms. The van der Waals surface area contributed by atoms with Crippen LogP contribution in [0.15, 0.2) is 34.1 Å². The lowest BCUT2D eigenvalue weighted by Gasteiger charge is -2.18. The van der Waals surface area contributed by atoms with Gasteiger partial charge in [-0.25, -0.2) is 0 Å². The van der Waals surface area contributed by atoms with E-state index >= 15 is 0 Å². The van der Waals surface area contributed by atoms with E-state index in [0.717, 1.165) is 15.6 Å². The molecule has 0 unspecified atom stereocenters. The summed E-state index contributed by atoms with van der Waals surface area (Å²) in [5.74, 6) is 0.0448. The predicted octanol–water partition coefficient (Wildman–Crippen LogP) is 4.40. The van der Waals surface area contributed by atoms with Gasteiger partial charge >= 0.3 is 0 Å². The number of halogens is 1. The number of hydrogen-bond donors (Lipinski definition) is 0. The summed E-state index contributed by atoms with van der Waals surface area (Å²) in [6.07, 6.45) is 0. The number of carbonyl (C=O) groups excluding carboxylic acids is 1. The largest absolute Gasteiger partial charge is 0.337 e. The molecule has 0 aliphatic heterocycles. The Bertz CT molecular complexity index is 606. The summed E-state index contributed by atoms with van der Waals surface area (Å²) >= 11 is 5.19. The molecule has 100 valence electrons. The van der Waals surface area contributed by atoms with Crippen molar-refractivity contribution >= 4 is 33.2 Å². The molecular weight excluding hydrogens is 322 g/mol. The molecule has 1 amide bonds. The van der Waals surface area contributed by atoms with Gasteiger partial charge in [-0.3, -0.25) is 4.79 Å². The number of aryl methyl sites for hydroxylation is 2. The summed E-state index contributed by atoms with van der Waals surface area (Å²) in [6.45, 7) is 4.72. The van der Waals surface area contributed by atoms with E-state index in [4.69, 9.17) is 0 Å². The molecule has 2 nitrogen and oxygen atoms in total. The minimum absolute atomic E-state index is 0.0448. The van der Waals surface area contributed by atoms with Gasteiger partial charge in [0.2, 0.25) is 0 Å². The van der Waals surface area contributed by atoms with Gasteiger partial charge in [0.1, 0.15) is 0 Å². The molecule has 1 heterocycles. The summed E-state index contributed by atoms with van der Waals surface area (Å²) in [5, 5.41) is 2.06. The van der Waals surface area contributed by atoms with Gasteiger partial charge in [-0.05, 0) is 58.4 Å². The fraction of sp³-hybridized carbons (Fsp3) is 0.267. The Balaban J connectivity index is 2.20. The van der Waals surface area contributed by atoms with Gasteiger partial charge in [-0.15, -0.1) is 11.3 Å². The smallest absolute Gasteiger partial charge is 0.255 e. The molecular formula is C15H16BrNOS. The van der Waals surface area contributed by atoms with E-state index in [0.29, 0.717) is 6.54 Å². The average molecular weight is 338 g/mol. The Labute approximate surface area is 126 Å². The van der Waals surface area contributed by atoms with Crippen LogP contribution < -0.4 is 0 Å². The standard InChI is InChI=1S/C15H16BrNOS/c1-10-7-8-19-13(10)9-17(3)15(18)12-6-4-5-11(2)14(12)16/h4-8H,9H2,1-3H3. The van der Waals surface area contributed by atoms with Crippen LogP contribution in [-0.2, 0) is 6.54 Å². The van der Waals surface area contributed by atoms with Crippen molar-refractivity contribution in [2.45, 2.75) is 20.4 Å². The molecule has 2 aromatic rings. The highest BCUT2D eigenvalue weighted by molar-refractivity contribution is 9.10. The van der Waals surface area contributed by atoms with E-state index in [9.17, 15) is 4.79 Å². The molecule has 0 aliphatic carbocycles. The third-order valence-electron chi connectivity index (χ3n) is 3.12. The highest BCUT2D eigenvalue weighted by atomic mass is 79.9. The Kier molecular flexibility index (Phi) is 4.42. The molecule has 19 heavy (non-hydrogen) atoms. The van der Waals surface area contributed by atoms with E-state index < -0.39 is 0 Å². The van der Waals surface area contributed by atoms with Crippen molar-refractivity contribution in [2.75, 3.05) is 7.05 Å². The molecule has 4 heteroatoms. The number of carbonyl (C=O) groups is 1. The van der Waals surface area contributed by atoms with Crippen LogP contribution in [0.3, 0.4) is 0 Å². The third-order valence-corrected chi connectivity index (χ3v) is 5.18. The molecule has 2 rings (SSSR count). The minimum Gasteiger partial charge on any atom is -0.337 e. The van der Waals surface area contributed by atoms with Gasteiger partial charge in [0, 0.05) is 16.4 Å². The van der Waals surface area contributed by atoms with E-state index in [2.05, 4.69) is 34.3 Å². The fourth-order valence-electron chi connectivity index (χ4n) is 1.87. The maximum Gasteiger partial charge on any atom is 0.255 e. The Hall–Kier alpha value is -1.13. The van der Waals surface area contributed by atoms with Crippen molar-refractivity contribution in [3.63, 3.8) is 0 Å². The number of nitrogens with zero attached hydrogens (tertiary/aromatic N) is 1. The normalized spacial score (nSPS) is 10.5. The number of amides is 1. The lowest BCUT2D eigenvalue weighted by molar-refractivity contribution is 0.0785. The lowest BCUT2D eigenvalue weighted by atomic mass is 10.1. The van der Waals surface area contributed by atoms with Crippen LogP contribution in [0, 0.1) is 13.8 Å². The molecule has 0 saturated carbocycles. The number of hydrogen-bond acceptors (Lipinski definition) is 2. The fourth-order valence-corrected chi connectivity index (χ4v) is 3.26. The summed E-state index contributed by atoms with van der Waals surface area (Å²) in [4.78, 5) is 15.5. The molecule has 0 atom stereocenters. The topological polar surface area (TPSA) is 20.3 Å². The molecule has 1 aromatic carbocycles. The Morgan fingerprint density at radius 1 is 1.26 bits per heavy atom. The SMILES string of the molecule is Cc1ccsc1CN(C)C(=O)c1cccc(C)c1Br. The van der Waals surface area contributed by atoms with Gasteiger partial charge in [0.05, 0.1) is 12.1 Å². The van der Waals surface area contributed by atoms with Crippen LogP contribution in [0.1, 0.15) is 26.4 Å². The first kappa shape index (κ1) is 14.3. The quantitative estimate of drug-likeness (QED) is 0.812. The highest BCUT2D eigenvalue weighted by Crippen LogP contribution is 2.24. The second kappa shape index (κ2) is 5.88. The van der Waals surface area contributed by atoms with Gasteiger partial charge in [0.25, 0.3) is 5.91 Å². The summed E-state index contributed by atoms with van der Waals surface area (Å²) in [7, 11) is 1.84. The van der Waals surface area contributed by atoms with Crippen LogP contribution in [-0.4, -0.2) is 17.9 Å². The van der Waals surface area contributed by atoms with Gasteiger partial charge in [-0.1, -0.05) is 12.1 Å². The zero-order chi connectivity index (χ0) is 14.0. The van der Waals surface area contributed by atoms with Gasteiger partial charge in [0.15, 0.2) is 0 Å². The van der Waals surface area contributed by atoms with Crippen LogP contribution in [0.25, 0.3) is 0 Å². The first-order valence-corrected chi connectivity index (χ1v) is 7.71. The minimum atomic E-state index is 0.0448. The van der Waals surface area contributed by atoms with Crippen molar-refractivity contribution in [3.8, 4) is 0 Å². The number of rotatable bonds is 3. The Morgan fingerprint density at radius 2 is 2.00 bits per heavy atom. The second-order valence-corrected chi connectivity index (χ2v) is 6.42. The molecule has 0 aliphatic rings. The maximum atomic E-state index is 12.5.